The molecule has 3 nitrogen and oxygen atoms in total. The first kappa shape index (κ1) is 7.02. The standard InChI is InChI=1S/C7H4F2N2O/c8-4-1-3-6(2-5(4)9)12-11-7(3)10/h1-2H,(H2,10,11). The molecule has 1 heterocycles. The van der Waals surface area contributed by atoms with Crippen LogP contribution in [0.2, 0.25) is 0 Å². The molecule has 0 unspecified atom stereocenters. The zero-order valence-corrected chi connectivity index (χ0v) is 5.84. The predicted octanol–water partition coefficient (Wildman–Crippen LogP) is 1.69. The van der Waals surface area contributed by atoms with Crippen LogP contribution in [0.4, 0.5) is 14.6 Å². The summed E-state index contributed by atoms with van der Waals surface area (Å²) >= 11 is 0. The first-order valence-corrected chi connectivity index (χ1v) is 3.18. The lowest BCUT2D eigenvalue weighted by Crippen LogP contribution is -1.86. The van der Waals surface area contributed by atoms with E-state index in [9.17, 15) is 8.78 Å². The van der Waals surface area contributed by atoms with Gasteiger partial charge >= 0.3 is 0 Å². The predicted molar refractivity (Wildman–Crippen MR) is 38.3 cm³/mol. The summed E-state index contributed by atoms with van der Waals surface area (Å²) in [6.45, 7) is 0. The molecule has 5 heteroatoms. The molecule has 0 aliphatic rings. The maximum atomic E-state index is 12.6. The topological polar surface area (TPSA) is 52.0 Å². The van der Waals surface area contributed by atoms with Gasteiger partial charge in [-0.05, 0) is 6.07 Å². The average Bonchev–Trinajstić information content (AvgIpc) is 2.35. The molecule has 0 amide bonds. The van der Waals surface area contributed by atoms with Crippen molar-refractivity contribution in [2.24, 2.45) is 0 Å². The van der Waals surface area contributed by atoms with Crippen molar-refractivity contribution in [3.05, 3.63) is 23.8 Å². The van der Waals surface area contributed by atoms with Gasteiger partial charge in [0.2, 0.25) is 0 Å². The summed E-state index contributed by atoms with van der Waals surface area (Å²) in [4.78, 5) is 0. The molecule has 2 rings (SSSR count). The number of fused-ring (bicyclic) bond motifs is 1. The van der Waals surface area contributed by atoms with Crippen molar-refractivity contribution in [3.63, 3.8) is 0 Å². The van der Waals surface area contributed by atoms with Gasteiger partial charge in [0.15, 0.2) is 23.0 Å². The minimum atomic E-state index is -0.973. The van der Waals surface area contributed by atoms with Crippen LogP contribution in [0.5, 0.6) is 0 Å². The van der Waals surface area contributed by atoms with Crippen LogP contribution in [0.1, 0.15) is 0 Å². The van der Waals surface area contributed by atoms with E-state index in [1.54, 1.807) is 0 Å². The van der Waals surface area contributed by atoms with Crippen LogP contribution in [0.15, 0.2) is 16.7 Å². The van der Waals surface area contributed by atoms with Gasteiger partial charge in [-0.3, -0.25) is 0 Å². The number of rotatable bonds is 0. The molecule has 2 aromatic rings. The SMILES string of the molecule is Nc1noc2cc(F)c(F)cc12. The fraction of sp³-hybridized carbons (Fsp3) is 0. The molecule has 2 N–H and O–H groups in total. The summed E-state index contributed by atoms with van der Waals surface area (Å²) in [6, 6.07) is 1.87. The molecule has 0 atom stereocenters. The lowest BCUT2D eigenvalue weighted by atomic mass is 10.2. The molecular formula is C7H4F2N2O. The summed E-state index contributed by atoms with van der Waals surface area (Å²) in [5, 5.41) is 3.63. The molecule has 0 spiro atoms. The van der Waals surface area contributed by atoms with Crippen molar-refractivity contribution in [2.75, 3.05) is 5.73 Å². The Balaban J connectivity index is 2.87. The lowest BCUT2D eigenvalue weighted by Gasteiger charge is -1.90. The van der Waals surface area contributed by atoms with Crippen LogP contribution < -0.4 is 5.73 Å². The van der Waals surface area contributed by atoms with E-state index >= 15 is 0 Å². The van der Waals surface area contributed by atoms with Gasteiger partial charge in [0.05, 0.1) is 5.39 Å². The molecule has 62 valence electrons. The van der Waals surface area contributed by atoms with Gasteiger partial charge in [0.1, 0.15) is 0 Å². The Morgan fingerprint density at radius 2 is 1.92 bits per heavy atom. The smallest absolute Gasteiger partial charge is 0.174 e. The highest BCUT2D eigenvalue weighted by Gasteiger charge is 2.09. The number of benzene rings is 1. The number of anilines is 1. The third kappa shape index (κ3) is 0.827. The van der Waals surface area contributed by atoms with Crippen LogP contribution >= 0.6 is 0 Å². The molecule has 0 fully saturated rings. The number of hydrogen-bond donors (Lipinski definition) is 1. The summed E-state index contributed by atoms with van der Waals surface area (Å²) in [7, 11) is 0. The van der Waals surface area contributed by atoms with Crippen molar-refractivity contribution in [1.29, 1.82) is 0 Å². The second-order valence-electron chi connectivity index (χ2n) is 2.33. The molecule has 0 aliphatic heterocycles. The van der Waals surface area contributed by atoms with Crippen molar-refractivity contribution >= 4 is 16.8 Å². The Kier molecular flexibility index (Phi) is 1.27. The van der Waals surface area contributed by atoms with Crippen molar-refractivity contribution in [1.82, 2.24) is 5.16 Å². The van der Waals surface area contributed by atoms with Gasteiger partial charge in [-0.2, -0.15) is 0 Å². The highest BCUT2D eigenvalue weighted by molar-refractivity contribution is 5.86. The van der Waals surface area contributed by atoms with Crippen LogP contribution in [0.3, 0.4) is 0 Å². The fourth-order valence-electron chi connectivity index (χ4n) is 0.952. The molecule has 0 saturated heterocycles. The maximum Gasteiger partial charge on any atom is 0.174 e. The van der Waals surface area contributed by atoms with E-state index in [1.165, 1.54) is 0 Å². The number of nitrogen functional groups attached to an aromatic ring is 1. The maximum absolute atomic E-state index is 12.6. The second kappa shape index (κ2) is 2.17. The summed E-state index contributed by atoms with van der Waals surface area (Å²) < 4.78 is 29.8. The highest BCUT2D eigenvalue weighted by atomic mass is 19.2. The minimum Gasteiger partial charge on any atom is -0.380 e. The number of nitrogens with two attached hydrogens (primary N) is 1. The fourth-order valence-corrected chi connectivity index (χ4v) is 0.952. The minimum absolute atomic E-state index is 0.0592. The number of hydrogen-bond acceptors (Lipinski definition) is 3. The van der Waals surface area contributed by atoms with Gasteiger partial charge in [-0.1, -0.05) is 5.16 Å². The zero-order chi connectivity index (χ0) is 8.72. The van der Waals surface area contributed by atoms with E-state index in [1.807, 2.05) is 0 Å². The zero-order valence-electron chi connectivity index (χ0n) is 5.84. The third-order valence-electron chi connectivity index (χ3n) is 1.54. The Hall–Kier alpha value is -1.65. The summed E-state index contributed by atoms with van der Waals surface area (Å²) in [6.07, 6.45) is 0. The monoisotopic (exact) mass is 170 g/mol. The van der Waals surface area contributed by atoms with Crippen LogP contribution in [-0.2, 0) is 0 Å². The van der Waals surface area contributed by atoms with Gasteiger partial charge in [-0.15, -0.1) is 0 Å². The van der Waals surface area contributed by atoms with E-state index in [0.717, 1.165) is 12.1 Å². The Morgan fingerprint density at radius 3 is 2.67 bits per heavy atom. The normalized spacial score (nSPS) is 10.8. The Morgan fingerprint density at radius 1 is 1.25 bits per heavy atom. The summed E-state index contributed by atoms with van der Waals surface area (Å²) in [5.41, 5.74) is 5.45. The van der Waals surface area contributed by atoms with E-state index < -0.39 is 11.6 Å². The van der Waals surface area contributed by atoms with Crippen LogP contribution in [0.25, 0.3) is 11.0 Å². The molecule has 1 aromatic carbocycles. The van der Waals surface area contributed by atoms with E-state index in [-0.39, 0.29) is 16.8 Å². The van der Waals surface area contributed by atoms with Crippen molar-refractivity contribution in [3.8, 4) is 0 Å². The molecule has 12 heavy (non-hydrogen) atoms. The first-order valence-electron chi connectivity index (χ1n) is 3.18. The Bertz CT molecular complexity index is 438. The van der Waals surface area contributed by atoms with Crippen molar-refractivity contribution < 1.29 is 13.3 Å². The highest BCUT2D eigenvalue weighted by Crippen LogP contribution is 2.22. The van der Waals surface area contributed by atoms with Gasteiger partial charge in [-0.25, -0.2) is 8.78 Å². The third-order valence-corrected chi connectivity index (χ3v) is 1.54. The van der Waals surface area contributed by atoms with E-state index in [2.05, 4.69) is 9.68 Å². The molecule has 0 aliphatic carbocycles. The van der Waals surface area contributed by atoms with Crippen LogP contribution in [0, 0.1) is 11.6 Å². The molecular weight excluding hydrogens is 166 g/mol. The number of nitrogens with zero attached hydrogens (tertiary/aromatic N) is 1. The second-order valence-corrected chi connectivity index (χ2v) is 2.33. The van der Waals surface area contributed by atoms with Crippen molar-refractivity contribution in [2.45, 2.75) is 0 Å². The lowest BCUT2D eigenvalue weighted by molar-refractivity contribution is 0.455. The Labute approximate surface area is 65.7 Å². The quantitative estimate of drug-likeness (QED) is 0.654. The van der Waals surface area contributed by atoms with Gasteiger partial charge in [0, 0.05) is 6.07 Å². The number of aromatic nitrogens is 1. The molecule has 1 aromatic heterocycles. The first-order chi connectivity index (χ1) is 5.68. The molecule has 0 radical (unpaired) electrons. The van der Waals surface area contributed by atoms with Gasteiger partial charge < -0.3 is 10.3 Å². The largest absolute Gasteiger partial charge is 0.380 e. The average molecular weight is 170 g/mol. The van der Waals surface area contributed by atoms with Gasteiger partial charge in [0.25, 0.3) is 0 Å². The van der Waals surface area contributed by atoms with E-state index in [4.69, 9.17) is 5.73 Å². The summed E-state index contributed by atoms with van der Waals surface area (Å²) in [5.74, 6) is -1.88. The number of halogens is 2. The molecule has 0 bridgehead atoms. The van der Waals surface area contributed by atoms with Crippen LogP contribution in [-0.4, -0.2) is 5.16 Å². The van der Waals surface area contributed by atoms with E-state index in [0.29, 0.717) is 0 Å². The molecule has 0 saturated carbocycles.